The van der Waals surface area contributed by atoms with Crippen LogP contribution in [0.3, 0.4) is 0 Å². The van der Waals surface area contributed by atoms with Gasteiger partial charge >= 0.3 is 0 Å². The second-order valence-corrected chi connectivity index (χ2v) is 7.09. The van der Waals surface area contributed by atoms with Crippen molar-refractivity contribution >= 4 is 11.8 Å². The number of aliphatic imine (C=N–C) groups is 1. The Morgan fingerprint density at radius 3 is 2.35 bits per heavy atom. The van der Waals surface area contributed by atoms with E-state index in [0.717, 1.165) is 11.8 Å². The van der Waals surface area contributed by atoms with Crippen molar-refractivity contribution in [2.75, 3.05) is 5.32 Å². The summed E-state index contributed by atoms with van der Waals surface area (Å²) in [6, 6.07) is 5.15. The number of pyridine rings is 1. The van der Waals surface area contributed by atoms with Gasteiger partial charge in [0.2, 0.25) is 0 Å². The molecular weight excluding hydrogens is 284 g/mol. The second kappa shape index (κ2) is 8.32. The lowest BCUT2D eigenvalue weighted by Crippen LogP contribution is -2.41. The van der Waals surface area contributed by atoms with Crippen LogP contribution in [0.2, 0.25) is 0 Å². The zero-order chi connectivity index (χ0) is 15.9. The molecular formula is C19H30N4. The van der Waals surface area contributed by atoms with E-state index in [1.807, 2.05) is 12.3 Å². The van der Waals surface area contributed by atoms with Gasteiger partial charge in [-0.2, -0.15) is 0 Å². The van der Waals surface area contributed by atoms with E-state index in [9.17, 15) is 0 Å². The molecule has 0 saturated heterocycles. The maximum Gasteiger partial charge on any atom is 0.197 e. The third kappa shape index (κ3) is 5.22. The highest BCUT2D eigenvalue weighted by molar-refractivity contribution is 5.93. The highest BCUT2D eigenvalue weighted by Gasteiger charge is 2.18. The average Bonchev–Trinajstić information content (AvgIpc) is 2.59. The molecule has 2 saturated carbocycles. The first-order valence-corrected chi connectivity index (χ1v) is 9.33. The summed E-state index contributed by atoms with van der Waals surface area (Å²) >= 11 is 0. The largest absolute Gasteiger partial charge is 0.353 e. The van der Waals surface area contributed by atoms with Crippen molar-refractivity contribution in [3.8, 4) is 0 Å². The van der Waals surface area contributed by atoms with Gasteiger partial charge in [-0.3, -0.25) is 0 Å². The number of rotatable bonds is 3. The molecule has 0 aromatic carbocycles. The van der Waals surface area contributed by atoms with Gasteiger partial charge in [0, 0.05) is 12.2 Å². The van der Waals surface area contributed by atoms with Crippen LogP contribution in [0.1, 0.15) is 69.8 Å². The molecule has 0 radical (unpaired) electrons. The van der Waals surface area contributed by atoms with E-state index >= 15 is 0 Å². The fourth-order valence-electron chi connectivity index (χ4n) is 3.60. The smallest absolute Gasteiger partial charge is 0.197 e. The maximum absolute atomic E-state index is 5.00. The van der Waals surface area contributed by atoms with Gasteiger partial charge in [0.1, 0.15) is 5.82 Å². The zero-order valence-electron chi connectivity index (χ0n) is 14.4. The Hall–Kier alpha value is -1.58. The molecule has 4 heteroatoms. The van der Waals surface area contributed by atoms with Crippen LogP contribution in [0, 0.1) is 6.92 Å². The lowest BCUT2D eigenvalue weighted by molar-refractivity contribution is 0.408. The van der Waals surface area contributed by atoms with Gasteiger partial charge in [-0.15, -0.1) is 0 Å². The van der Waals surface area contributed by atoms with Gasteiger partial charge in [0.15, 0.2) is 5.96 Å². The number of hydrogen-bond donors (Lipinski definition) is 2. The van der Waals surface area contributed by atoms with Crippen LogP contribution >= 0.6 is 0 Å². The normalized spacial score (nSPS) is 21.2. The molecule has 1 heterocycles. The van der Waals surface area contributed by atoms with Crippen LogP contribution in [0.25, 0.3) is 0 Å². The molecule has 23 heavy (non-hydrogen) atoms. The summed E-state index contributed by atoms with van der Waals surface area (Å²) in [6.07, 6.45) is 14.9. The fraction of sp³-hybridized carbons (Fsp3) is 0.684. The van der Waals surface area contributed by atoms with E-state index in [4.69, 9.17) is 4.99 Å². The Morgan fingerprint density at radius 1 is 1.00 bits per heavy atom. The van der Waals surface area contributed by atoms with Crippen LogP contribution in [-0.2, 0) is 0 Å². The molecule has 3 rings (SSSR count). The number of hydrogen-bond acceptors (Lipinski definition) is 2. The first-order valence-electron chi connectivity index (χ1n) is 9.33. The summed E-state index contributed by atoms with van der Waals surface area (Å²) < 4.78 is 0. The maximum atomic E-state index is 5.00. The average molecular weight is 314 g/mol. The number of guanidine groups is 1. The Labute approximate surface area is 140 Å². The molecule has 0 unspecified atom stereocenters. The Bertz CT molecular complexity index is 497. The molecule has 2 aliphatic rings. The molecule has 0 atom stereocenters. The summed E-state index contributed by atoms with van der Waals surface area (Å²) in [5, 5.41) is 7.09. The van der Waals surface area contributed by atoms with E-state index < -0.39 is 0 Å². The van der Waals surface area contributed by atoms with Gasteiger partial charge in [0.05, 0.1) is 6.04 Å². The highest BCUT2D eigenvalue weighted by Crippen LogP contribution is 2.21. The van der Waals surface area contributed by atoms with Gasteiger partial charge in [-0.1, -0.05) is 44.6 Å². The second-order valence-electron chi connectivity index (χ2n) is 7.09. The molecule has 0 amide bonds. The summed E-state index contributed by atoms with van der Waals surface area (Å²) in [7, 11) is 0. The van der Waals surface area contributed by atoms with Crippen molar-refractivity contribution in [3.63, 3.8) is 0 Å². The standard InChI is InChI=1S/C19H30N4/c1-15-12-13-18(20-14-15)23-19(21-16-8-4-2-5-9-16)22-17-10-6-3-7-11-17/h12-14,16-17H,2-11H2,1H3,(H2,20,21,22,23). The molecule has 2 N–H and O–H groups in total. The van der Waals surface area contributed by atoms with E-state index in [1.165, 1.54) is 69.8 Å². The van der Waals surface area contributed by atoms with Crippen molar-refractivity contribution in [2.24, 2.45) is 4.99 Å². The minimum absolute atomic E-state index is 0.466. The third-order valence-corrected chi connectivity index (χ3v) is 4.99. The number of nitrogens with one attached hydrogen (secondary N) is 2. The highest BCUT2D eigenvalue weighted by atomic mass is 15.2. The number of aryl methyl sites for hydroxylation is 1. The van der Waals surface area contributed by atoms with Crippen molar-refractivity contribution < 1.29 is 0 Å². The third-order valence-electron chi connectivity index (χ3n) is 4.99. The lowest BCUT2D eigenvalue weighted by atomic mass is 9.95. The SMILES string of the molecule is Cc1ccc(NC(=NC2CCCCC2)NC2CCCCC2)nc1. The molecule has 2 fully saturated rings. The van der Waals surface area contributed by atoms with Crippen molar-refractivity contribution in [1.82, 2.24) is 10.3 Å². The molecule has 126 valence electrons. The predicted molar refractivity (Wildman–Crippen MR) is 96.9 cm³/mol. The molecule has 4 nitrogen and oxygen atoms in total. The zero-order valence-corrected chi connectivity index (χ0v) is 14.4. The monoisotopic (exact) mass is 314 g/mol. The fourth-order valence-corrected chi connectivity index (χ4v) is 3.60. The van der Waals surface area contributed by atoms with Gasteiger partial charge in [0.25, 0.3) is 0 Å². The van der Waals surface area contributed by atoms with Crippen molar-refractivity contribution in [1.29, 1.82) is 0 Å². The molecule has 2 aliphatic carbocycles. The lowest BCUT2D eigenvalue weighted by Gasteiger charge is -2.26. The number of aromatic nitrogens is 1. The quantitative estimate of drug-likeness (QED) is 0.641. The molecule has 0 spiro atoms. The summed E-state index contributed by atoms with van der Waals surface area (Å²) in [5.74, 6) is 1.81. The van der Waals surface area contributed by atoms with Crippen LogP contribution in [0.15, 0.2) is 23.3 Å². The summed E-state index contributed by atoms with van der Waals surface area (Å²) in [5.41, 5.74) is 1.18. The Kier molecular flexibility index (Phi) is 5.89. The molecule has 0 bridgehead atoms. The number of anilines is 1. The molecule has 0 aliphatic heterocycles. The van der Waals surface area contributed by atoms with E-state index in [2.05, 4.69) is 28.6 Å². The summed E-state index contributed by atoms with van der Waals surface area (Å²) in [6.45, 7) is 2.06. The molecule has 1 aromatic rings. The topological polar surface area (TPSA) is 49.3 Å². The van der Waals surface area contributed by atoms with Crippen LogP contribution < -0.4 is 10.6 Å². The van der Waals surface area contributed by atoms with Gasteiger partial charge in [-0.25, -0.2) is 9.98 Å². The minimum Gasteiger partial charge on any atom is -0.353 e. The van der Waals surface area contributed by atoms with Gasteiger partial charge in [-0.05, 0) is 44.2 Å². The van der Waals surface area contributed by atoms with Crippen LogP contribution in [-0.4, -0.2) is 23.0 Å². The van der Waals surface area contributed by atoms with E-state index in [-0.39, 0.29) is 0 Å². The Balaban J connectivity index is 1.68. The number of nitrogens with zero attached hydrogens (tertiary/aromatic N) is 2. The first kappa shape index (κ1) is 16.3. The first-order chi connectivity index (χ1) is 11.3. The summed E-state index contributed by atoms with van der Waals surface area (Å²) in [4.78, 5) is 9.47. The minimum atomic E-state index is 0.466. The van der Waals surface area contributed by atoms with Crippen LogP contribution in [0.5, 0.6) is 0 Å². The van der Waals surface area contributed by atoms with E-state index in [0.29, 0.717) is 12.1 Å². The van der Waals surface area contributed by atoms with Crippen LogP contribution in [0.4, 0.5) is 5.82 Å². The van der Waals surface area contributed by atoms with Gasteiger partial charge < -0.3 is 10.6 Å². The van der Waals surface area contributed by atoms with Crippen molar-refractivity contribution in [3.05, 3.63) is 23.9 Å². The Morgan fingerprint density at radius 2 is 1.70 bits per heavy atom. The van der Waals surface area contributed by atoms with Crippen molar-refractivity contribution in [2.45, 2.75) is 83.2 Å². The predicted octanol–water partition coefficient (Wildman–Crippen LogP) is 4.41. The molecule has 1 aromatic heterocycles. The van der Waals surface area contributed by atoms with E-state index in [1.54, 1.807) is 0 Å².